The first kappa shape index (κ1) is 19.4. The van der Waals surface area contributed by atoms with Crippen molar-refractivity contribution in [2.45, 2.75) is 19.0 Å². The summed E-state index contributed by atoms with van der Waals surface area (Å²) in [5.41, 5.74) is 1.72. The minimum absolute atomic E-state index is 0.161. The Morgan fingerprint density at radius 2 is 1.77 bits per heavy atom. The molecule has 0 aromatic heterocycles. The Hall–Kier alpha value is -2.61. The molecule has 2 saturated heterocycles. The van der Waals surface area contributed by atoms with Crippen LogP contribution in [0.4, 0.5) is 5.69 Å². The molecule has 156 valence electrons. The van der Waals surface area contributed by atoms with E-state index in [0.29, 0.717) is 10.7 Å². The molecule has 1 atom stereocenters. The number of halogens is 1. The highest BCUT2D eigenvalue weighted by Crippen LogP contribution is 2.33. The molecule has 0 N–H and O–H groups in total. The van der Waals surface area contributed by atoms with Gasteiger partial charge in [0.05, 0.1) is 18.2 Å². The molecular weight excluding hydrogens is 406 g/mol. The third kappa shape index (κ3) is 3.64. The van der Waals surface area contributed by atoms with Crippen molar-refractivity contribution in [2.75, 3.05) is 37.9 Å². The highest BCUT2D eigenvalue weighted by atomic mass is 35.5. The second-order valence-corrected chi connectivity index (χ2v) is 8.20. The lowest BCUT2D eigenvalue weighted by atomic mass is 10.1. The van der Waals surface area contributed by atoms with Gasteiger partial charge in [-0.25, -0.2) is 4.90 Å². The number of rotatable bonds is 4. The molecular formula is C22H22ClN3O4. The number of nitrogens with zero attached hydrogens (tertiary/aromatic N) is 3. The summed E-state index contributed by atoms with van der Waals surface area (Å²) in [6.07, 6.45) is 0.216. The van der Waals surface area contributed by atoms with E-state index in [1.165, 1.54) is 10.5 Å². The van der Waals surface area contributed by atoms with Crippen molar-refractivity contribution in [3.8, 4) is 11.5 Å². The van der Waals surface area contributed by atoms with E-state index in [9.17, 15) is 9.59 Å². The van der Waals surface area contributed by atoms with Crippen LogP contribution in [0.1, 0.15) is 12.0 Å². The minimum Gasteiger partial charge on any atom is -0.454 e. The van der Waals surface area contributed by atoms with E-state index in [1.54, 1.807) is 24.3 Å². The highest BCUT2D eigenvalue weighted by Gasteiger charge is 2.43. The van der Waals surface area contributed by atoms with Gasteiger partial charge in [-0.15, -0.1) is 0 Å². The molecule has 8 heteroatoms. The Labute approximate surface area is 179 Å². The van der Waals surface area contributed by atoms with Crippen LogP contribution < -0.4 is 14.4 Å². The summed E-state index contributed by atoms with van der Waals surface area (Å²) in [4.78, 5) is 31.3. The van der Waals surface area contributed by atoms with Gasteiger partial charge in [0.25, 0.3) is 5.91 Å². The predicted octanol–water partition coefficient (Wildman–Crippen LogP) is 2.52. The average Bonchev–Trinajstić information content (AvgIpc) is 3.32. The van der Waals surface area contributed by atoms with Crippen molar-refractivity contribution >= 4 is 29.1 Å². The van der Waals surface area contributed by atoms with Crippen LogP contribution >= 0.6 is 11.6 Å². The fourth-order valence-electron chi connectivity index (χ4n) is 4.32. The first-order chi connectivity index (χ1) is 14.6. The second kappa shape index (κ2) is 7.91. The monoisotopic (exact) mass is 427 g/mol. The largest absolute Gasteiger partial charge is 0.454 e. The number of carbonyl (C=O) groups is 2. The number of anilines is 1. The van der Waals surface area contributed by atoms with Crippen molar-refractivity contribution < 1.29 is 19.1 Å². The molecule has 0 radical (unpaired) electrons. The molecule has 3 heterocycles. The molecule has 30 heavy (non-hydrogen) atoms. The summed E-state index contributed by atoms with van der Waals surface area (Å²) in [7, 11) is 0. The van der Waals surface area contributed by atoms with E-state index in [2.05, 4.69) is 15.9 Å². The molecule has 0 spiro atoms. The topological polar surface area (TPSA) is 62.3 Å². The molecule has 2 aromatic carbocycles. The summed E-state index contributed by atoms with van der Waals surface area (Å²) in [6.45, 7) is 4.26. The van der Waals surface area contributed by atoms with E-state index < -0.39 is 6.04 Å². The zero-order valence-electron chi connectivity index (χ0n) is 16.4. The number of hydrogen-bond acceptors (Lipinski definition) is 6. The van der Waals surface area contributed by atoms with Gasteiger partial charge in [-0.1, -0.05) is 23.7 Å². The van der Waals surface area contributed by atoms with Gasteiger partial charge in [-0.05, 0) is 35.9 Å². The van der Waals surface area contributed by atoms with Gasteiger partial charge in [0.1, 0.15) is 0 Å². The lowest BCUT2D eigenvalue weighted by Gasteiger charge is -2.37. The number of benzene rings is 2. The van der Waals surface area contributed by atoms with Crippen LogP contribution in [-0.4, -0.2) is 60.6 Å². The summed E-state index contributed by atoms with van der Waals surface area (Å²) in [5, 5.41) is 0.508. The second-order valence-electron chi connectivity index (χ2n) is 7.77. The summed E-state index contributed by atoms with van der Waals surface area (Å²) in [5.74, 6) is 1.25. The Balaban J connectivity index is 1.20. The first-order valence-electron chi connectivity index (χ1n) is 10.1. The van der Waals surface area contributed by atoms with Crippen LogP contribution in [0.15, 0.2) is 42.5 Å². The Morgan fingerprint density at radius 1 is 0.967 bits per heavy atom. The number of ether oxygens (including phenoxy) is 2. The Bertz CT molecular complexity index is 990. The number of fused-ring (bicyclic) bond motifs is 1. The zero-order chi connectivity index (χ0) is 20.7. The fraction of sp³-hybridized carbons (Fsp3) is 0.364. The molecule has 2 fully saturated rings. The molecule has 5 rings (SSSR count). The van der Waals surface area contributed by atoms with E-state index in [0.717, 1.165) is 44.2 Å². The third-order valence-electron chi connectivity index (χ3n) is 5.88. The van der Waals surface area contributed by atoms with Crippen molar-refractivity contribution in [3.05, 3.63) is 53.1 Å². The highest BCUT2D eigenvalue weighted by molar-refractivity contribution is 6.31. The van der Waals surface area contributed by atoms with Crippen LogP contribution in [0.5, 0.6) is 11.5 Å². The SMILES string of the molecule is O=C1C[C@@H](N2CCN(Cc3ccc4c(c3)OCO4)CC2)C(=O)N1c1cccc(Cl)c1. The van der Waals surface area contributed by atoms with Gasteiger partial charge in [0, 0.05) is 37.7 Å². The van der Waals surface area contributed by atoms with Crippen molar-refractivity contribution in [3.63, 3.8) is 0 Å². The van der Waals surface area contributed by atoms with Gasteiger partial charge in [-0.2, -0.15) is 0 Å². The normalized spacial score (nSPS) is 22.2. The number of hydrogen-bond donors (Lipinski definition) is 0. The van der Waals surface area contributed by atoms with E-state index in [1.807, 2.05) is 12.1 Å². The van der Waals surface area contributed by atoms with Gasteiger partial charge in [0.2, 0.25) is 12.7 Å². The van der Waals surface area contributed by atoms with Crippen LogP contribution in [0, 0.1) is 0 Å². The summed E-state index contributed by atoms with van der Waals surface area (Å²) < 4.78 is 10.8. The van der Waals surface area contributed by atoms with E-state index in [-0.39, 0.29) is 25.0 Å². The zero-order valence-corrected chi connectivity index (χ0v) is 17.2. The van der Waals surface area contributed by atoms with Gasteiger partial charge >= 0.3 is 0 Å². The van der Waals surface area contributed by atoms with Crippen molar-refractivity contribution in [2.24, 2.45) is 0 Å². The van der Waals surface area contributed by atoms with Crippen molar-refractivity contribution in [1.82, 2.24) is 9.80 Å². The molecule has 0 aliphatic carbocycles. The van der Waals surface area contributed by atoms with Crippen LogP contribution in [0.2, 0.25) is 5.02 Å². The van der Waals surface area contributed by atoms with Crippen molar-refractivity contribution in [1.29, 1.82) is 0 Å². The minimum atomic E-state index is -0.399. The number of imide groups is 1. The van der Waals surface area contributed by atoms with Gasteiger partial charge < -0.3 is 9.47 Å². The number of piperazine rings is 1. The molecule has 0 bridgehead atoms. The van der Waals surface area contributed by atoms with Gasteiger partial charge in [0.15, 0.2) is 11.5 Å². The lowest BCUT2D eigenvalue weighted by Crippen LogP contribution is -2.52. The van der Waals surface area contributed by atoms with E-state index in [4.69, 9.17) is 21.1 Å². The Morgan fingerprint density at radius 3 is 2.57 bits per heavy atom. The van der Waals surface area contributed by atoms with E-state index >= 15 is 0 Å². The quantitative estimate of drug-likeness (QED) is 0.699. The molecule has 2 aromatic rings. The van der Waals surface area contributed by atoms with Crippen LogP contribution in [0.3, 0.4) is 0 Å². The maximum atomic E-state index is 13.0. The molecule has 3 aliphatic heterocycles. The maximum Gasteiger partial charge on any atom is 0.251 e. The van der Waals surface area contributed by atoms with Gasteiger partial charge in [-0.3, -0.25) is 19.4 Å². The molecule has 2 amide bonds. The molecule has 3 aliphatic rings. The number of carbonyl (C=O) groups excluding carboxylic acids is 2. The maximum absolute atomic E-state index is 13.0. The number of amides is 2. The third-order valence-corrected chi connectivity index (χ3v) is 6.12. The molecule has 0 saturated carbocycles. The first-order valence-corrected chi connectivity index (χ1v) is 10.4. The fourth-order valence-corrected chi connectivity index (χ4v) is 4.50. The average molecular weight is 428 g/mol. The standard InChI is InChI=1S/C22H22ClN3O4/c23-16-2-1-3-17(11-16)26-21(27)12-18(22(26)28)25-8-6-24(7-9-25)13-15-4-5-19-20(10-15)30-14-29-19/h1-5,10-11,18H,6-9,12-14H2/t18-/m1/s1. The molecule has 7 nitrogen and oxygen atoms in total. The lowest BCUT2D eigenvalue weighted by molar-refractivity contribution is -0.123. The summed E-state index contributed by atoms with van der Waals surface area (Å²) in [6, 6.07) is 12.5. The Kier molecular flexibility index (Phi) is 5.10. The smallest absolute Gasteiger partial charge is 0.251 e. The van der Waals surface area contributed by atoms with Crippen LogP contribution in [0.25, 0.3) is 0 Å². The molecule has 0 unspecified atom stereocenters. The van der Waals surface area contributed by atoms with Crippen LogP contribution in [-0.2, 0) is 16.1 Å². The summed E-state index contributed by atoms with van der Waals surface area (Å²) >= 11 is 6.04. The predicted molar refractivity (Wildman–Crippen MR) is 112 cm³/mol.